The SMILES string of the molecule is C=CC[C@@H](N)c1ccc(C)c(C(F)(F)F)c1. The Morgan fingerprint density at radius 3 is 2.56 bits per heavy atom. The van der Waals surface area contributed by atoms with Crippen LogP contribution >= 0.6 is 0 Å². The first-order valence-electron chi connectivity index (χ1n) is 4.90. The van der Waals surface area contributed by atoms with Gasteiger partial charge in [-0.25, -0.2) is 0 Å². The summed E-state index contributed by atoms with van der Waals surface area (Å²) in [4.78, 5) is 0. The number of hydrogen-bond acceptors (Lipinski definition) is 1. The summed E-state index contributed by atoms with van der Waals surface area (Å²) in [5.41, 5.74) is 5.80. The molecule has 16 heavy (non-hydrogen) atoms. The van der Waals surface area contributed by atoms with Gasteiger partial charge in [-0.1, -0.05) is 18.2 Å². The van der Waals surface area contributed by atoms with Crippen LogP contribution in [-0.2, 0) is 6.18 Å². The molecule has 0 saturated carbocycles. The van der Waals surface area contributed by atoms with Crippen LogP contribution in [-0.4, -0.2) is 0 Å². The molecule has 1 atom stereocenters. The van der Waals surface area contributed by atoms with E-state index in [2.05, 4.69) is 6.58 Å². The molecule has 0 fully saturated rings. The fraction of sp³-hybridized carbons (Fsp3) is 0.333. The zero-order chi connectivity index (χ0) is 12.3. The Hall–Kier alpha value is -1.29. The van der Waals surface area contributed by atoms with Gasteiger partial charge < -0.3 is 5.73 Å². The second-order valence-corrected chi connectivity index (χ2v) is 3.70. The number of alkyl halides is 3. The quantitative estimate of drug-likeness (QED) is 0.787. The molecular formula is C12H14F3N. The van der Waals surface area contributed by atoms with Crippen LogP contribution in [0.5, 0.6) is 0 Å². The molecule has 0 spiro atoms. The van der Waals surface area contributed by atoms with Crippen molar-refractivity contribution in [1.82, 2.24) is 0 Å². The highest BCUT2D eigenvalue weighted by Crippen LogP contribution is 2.33. The van der Waals surface area contributed by atoms with Crippen LogP contribution in [0.3, 0.4) is 0 Å². The maximum Gasteiger partial charge on any atom is 0.416 e. The molecule has 1 aromatic rings. The third-order valence-corrected chi connectivity index (χ3v) is 2.42. The van der Waals surface area contributed by atoms with Crippen LogP contribution in [0, 0.1) is 6.92 Å². The number of aryl methyl sites for hydroxylation is 1. The first kappa shape index (κ1) is 12.8. The molecule has 1 nitrogen and oxygen atoms in total. The lowest BCUT2D eigenvalue weighted by atomic mass is 9.98. The molecule has 0 aromatic heterocycles. The van der Waals surface area contributed by atoms with E-state index in [9.17, 15) is 13.2 Å². The zero-order valence-corrected chi connectivity index (χ0v) is 9.01. The van der Waals surface area contributed by atoms with Crippen LogP contribution in [0.2, 0.25) is 0 Å². The van der Waals surface area contributed by atoms with Gasteiger partial charge in [0.2, 0.25) is 0 Å². The number of hydrogen-bond donors (Lipinski definition) is 1. The third kappa shape index (κ3) is 2.85. The van der Waals surface area contributed by atoms with Gasteiger partial charge >= 0.3 is 6.18 Å². The summed E-state index contributed by atoms with van der Waals surface area (Å²) in [6.45, 7) is 4.95. The molecule has 0 aliphatic heterocycles. The first-order chi connectivity index (χ1) is 7.36. The molecular weight excluding hydrogens is 215 g/mol. The molecule has 0 saturated heterocycles. The van der Waals surface area contributed by atoms with Gasteiger partial charge in [0.25, 0.3) is 0 Å². The van der Waals surface area contributed by atoms with Gasteiger partial charge in [-0.15, -0.1) is 6.58 Å². The van der Waals surface area contributed by atoms with Crippen molar-refractivity contribution in [2.45, 2.75) is 25.6 Å². The number of benzene rings is 1. The minimum atomic E-state index is -4.33. The van der Waals surface area contributed by atoms with Crippen LogP contribution < -0.4 is 5.73 Å². The van der Waals surface area contributed by atoms with Crippen LogP contribution in [0.15, 0.2) is 30.9 Å². The molecule has 0 amide bonds. The molecule has 0 heterocycles. The molecule has 0 unspecified atom stereocenters. The van der Waals surface area contributed by atoms with Gasteiger partial charge in [-0.3, -0.25) is 0 Å². The summed E-state index contributed by atoms with van der Waals surface area (Å²) in [5, 5.41) is 0. The van der Waals surface area contributed by atoms with Gasteiger partial charge in [-0.2, -0.15) is 13.2 Å². The lowest BCUT2D eigenvalue weighted by molar-refractivity contribution is -0.138. The normalized spacial score (nSPS) is 13.6. The lowest BCUT2D eigenvalue weighted by Gasteiger charge is -2.15. The van der Waals surface area contributed by atoms with Crippen molar-refractivity contribution in [3.63, 3.8) is 0 Å². The Morgan fingerprint density at radius 2 is 2.06 bits per heavy atom. The largest absolute Gasteiger partial charge is 0.416 e. The molecule has 88 valence electrons. The van der Waals surface area contributed by atoms with E-state index >= 15 is 0 Å². The highest BCUT2D eigenvalue weighted by molar-refractivity contribution is 5.34. The van der Waals surface area contributed by atoms with E-state index in [1.165, 1.54) is 13.0 Å². The van der Waals surface area contributed by atoms with Crippen molar-refractivity contribution < 1.29 is 13.2 Å². The van der Waals surface area contributed by atoms with E-state index in [0.717, 1.165) is 6.07 Å². The first-order valence-corrected chi connectivity index (χ1v) is 4.90. The van der Waals surface area contributed by atoms with Crippen molar-refractivity contribution in [3.8, 4) is 0 Å². The van der Waals surface area contributed by atoms with Gasteiger partial charge in [0.15, 0.2) is 0 Å². The minimum Gasteiger partial charge on any atom is -0.324 e. The Kier molecular flexibility index (Phi) is 3.75. The summed E-state index contributed by atoms with van der Waals surface area (Å²) in [7, 11) is 0. The summed E-state index contributed by atoms with van der Waals surface area (Å²) in [5.74, 6) is 0. The van der Waals surface area contributed by atoms with E-state index < -0.39 is 17.8 Å². The summed E-state index contributed by atoms with van der Waals surface area (Å²) >= 11 is 0. The maximum absolute atomic E-state index is 12.6. The molecule has 4 heteroatoms. The van der Waals surface area contributed by atoms with Gasteiger partial charge in [0.05, 0.1) is 5.56 Å². The van der Waals surface area contributed by atoms with E-state index in [1.807, 2.05) is 0 Å². The van der Waals surface area contributed by atoms with Crippen LogP contribution in [0.1, 0.15) is 29.2 Å². The highest BCUT2D eigenvalue weighted by atomic mass is 19.4. The third-order valence-electron chi connectivity index (χ3n) is 2.42. The fourth-order valence-corrected chi connectivity index (χ4v) is 1.49. The summed E-state index contributed by atoms with van der Waals surface area (Å²) in [6, 6.07) is 3.75. The van der Waals surface area contributed by atoms with Crippen molar-refractivity contribution >= 4 is 0 Å². The van der Waals surface area contributed by atoms with E-state index in [0.29, 0.717) is 12.0 Å². The average molecular weight is 229 g/mol. The predicted molar refractivity (Wildman–Crippen MR) is 57.9 cm³/mol. The van der Waals surface area contributed by atoms with E-state index in [-0.39, 0.29) is 5.56 Å². The molecule has 0 bridgehead atoms. The predicted octanol–water partition coefficient (Wildman–Crippen LogP) is 3.59. The molecule has 0 aliphatic carbocycles. The Labute approximate surface area is 92.8 Å². The van der Waals surface area contributed by atoms with Crippen molar-refractivity contribution in [2.24, 2.45) is 5.73 Å². The topological polar surface area (TPSA) is 26.0 Å². The van der Waals surface area contributed by atoms with Crippen molar-refractivity contribution in [1.29, 1.82) is 0 Å². The number of rotatable bonds is 3. The van der Waals surface area contributed by atoms with Gasteiger partial charge in [0, 0.05) is 6.04 Å². The van der Waals surface area contributed by atoms with Crippen molar-refractivity contribution in [3.05, 3.63) is 47.5 Å². The van der Waals surface area contributed by atoms with Gasteiger partial charge in [0.1, 0.15) is 0 Å². The lowest BCUT2D eigenvalue weighted by Crippen LogP contribution is -2.13. The van der Waals surface area contributed by atoms with Crippen LogP contribution in [0.4, 0.5) is 13.2 Å². The van der Waals surface area contributed by atoms with Crippen LogP contribution in [0.25, 0.3) is 0 Å². The smallest absolute Gasteiger partial charge is 0.324 e. The zero-order valence-electron chi connectivity index (χ0n) is 9.01. The second-order valence-electron chi connectivity index (χ2n) is 3.70. The Bertz CT molecular complexity index is 382. The van der Waals surface area contributed by atoms with Crippen molar-refractivity contribution in [2.75, 3.05) is 0 Å². The summed E-state index contributed by atoms with van der Waals surface area (Å²) in [6.07, 6.45) is -2.27. The monoisotopic (exact) mass is 229 g/mol. The second kappa shape index (κ2) is 4.70. The average Bonchev–Trinajstić information content (AvgIpc) is 2.16. The van der Waals surface area contributed by atoms with E-state index in [1.54, 1.807) is 12.1 Å². The fourth-order valence-electron chi connectivity index (χ4n) is 1.49. The standard InChI is InChI=1S/C12H14F3N/c1-3-4-11(16)9-6-5-8(2)10(7-9)12(13,14)15/h3,5-7,11H,1,4,16H2,2H3/t11-/m1/s1. The molecule has 1 aromatic carbocycles. The number of halogens is 3. The molecule has 1 rings (SSSR count). The van der Waals surface area contributed by atoms with E-state index in [4.69, 9.17) is 5.73 Å². The molecule has 2 N–H and O–H groups in total. The number of nitrogens with two attached hydrogens (primary N) is 1. The summed E-state index contributed by atoms with van der Waals surface area (Å²) < 4.78 is 37.9. The highest BCUT2D eigenvalue weighted by Gasteiger charge is 2.32. The molecule has 0 aliphatic rings. The Balaban J connectivity index is 3.12. The maximum atomic E-state index is 12.6. The van der Waals surface area contributed by atoms with Gasteiger partial charge in [-0.05, 0) is 30.5 Å². The Morgan fingerprint density at radius 1 is 1.44 bits per heavy atom. The minimum absolute atomic E-state index is 0.210. The molecule has 0 radical (unpaired) electrons.